The quantitative estimate of drug-likeness (QED) is 0.433. The molecule has 0 aliphatic carbocycles. The van der Waals surface area contributed by atoms with Crippen LogP contribution in [0.15, 0.2) is 83.2 Å². The standard InChI is InChI=1S/C15H10N4O5S.C6H6/c20-12-7-8(5-6-9(12)15(21)22)16-13-14(19-25(23)24)18-11-4-2-1-3-10(11)17-13;1-2-4-6-5-3-1/h1-7,20H,(H,16,17)(H,21,22);1-6H. The number of aromatic nitrogens is 2. The molecule has 0 aliphatic rings. The zero-order chi connectivity index (χ0) is 22.2. The second kappa shape index (κ2) is 9.94. The third kappa shape index (κ3) is 5.84. The molecule has 4 rings (SSSR count). The van der Waals surface area contributed by atoms with E-state index in [-0.39, 0.29) is 17.2 Å². The van der Waals surface area contributed by atoms with Crippen molar-refractivity contribution in [2.75, 3.05) is 5.32 Å². The summed E-state index contributed by atoms with van der Waals surface area (Å²) in [5.41, 5.74) is 0.995. The number of anilines is 2. The van der Waals surface area contributed by atoms with Crippen LogP contribution in [0, 0.1) is 0 Å². The van der Waals surface area contributed by atoms with Crippen LogP contribution in [0.1, 0.15) is 10.4 Å². The van der Waals surface area contributed by atoms with Gasteiger partial charge in [0.15, 0.2) is 5.82 Å². The van der Waals surface area contributed by atoms with Crippen LogP contribution in [-0.4, -0.2) is 34.6 Å². The van der Waals surface area contributed by atoms with Gasteiger partial charge in [0, 0.05) is 11.8 Å². The van der Waals surface area contributed by atoms with Gasteiger partial charge in [0.25, 0.3) is 0 Å². The van der Waals surface area contributed by atoms with E-state index in [4.69, 9.17) is 5.11 Å². The summed E-state index contributed by atoms with van der Waals surface area (Å²) < 4.78 is 25.2. The minimum Gasteiger partial charge on any atom is -0.507 e. The molecule has 0 radical (unpaired) electrons. The van der Waals surface area contributed by atoms with Gasteiger partial charge in [0.05, 0.1) is 11.0 Å². The number of hydrogen-bond acceptors (Lipinski definition) is 8. The van der Waals surface area contributed by atoms with E-state index in [9.17, 15) is 18.3 Å². The van der Waals surface area contributed by atoms with Gasteiger partial charge in [-0.3, -0.25) is 0 Å². The van der Waals surface area contributed by atoms with E-state index in [1.807, 2.05) is 36.4 Å². The molecule has 9 nitrogen and oxygen atoms in total. The van der Waals surface area contributed by atoms with Gasteiger partial charge < -0.3 is 15.5 Å². The predicted molar refractivity (Wildman–Crippen MR) is 115 cm³/mol. The molecular weight excluding hydrogens is 420 g/mol. The number of rotatable bonds is 4. The van der Waals surface area contributed by atoms with Crippen LogP contribution < -0.4 is 5.32 Å². The lowest BCUT2D eigenvalue weighted by atomic mass is 10.2. The molecule has 1 aromatic heterocycles. The summed E-state index contributed by atoms with van der Waals surface area (Å²) in [4.78, 5) is 19.3. The maximum absolute atomic E-state index is 10.9. The molecule has 0 saturated heterocycles. The topological polar surface area (TPSA) is 142 Å². The number of carboxylic acid groups (broad SMARTS) is 1. The van der Waals surface area contributed by atoms with E-state index in [1.54, 1.807) is 24.3 Å². The monoisotopic (exact) mass is 436 g/mol. The van der Waals surface area contributed by atoms with Crippen molar-refractivity contribution in [2.24, 2.45) is 4.36 Å². The Bertz CT molecular complexity index is 1320. The Balaban J connectivity index is 0.000000391. The number of phenols is 1. The fourth-order valence-corrected chi connectivity index (χ4v) is 2.79. The van der Waals surface area contributed by atoms with Crippen molar-refractivity contribution in [3.63, 3.8) is 0 Å². The van der Waals surface area contributed by atoms with E-state index in [0.717, 1.165) is 0 Å². The van der Waals surface area contributed by atoms with Gasteiger partial charge in [-0.05, 0) is 24.3 Å². The van der Waals surface area contributed by atoms with Crippen molar-refractivity contribution in [3.8, 4) is 5.75 Å². The highest BCUT2D eigenvalue weighted by Crippen LogP contribution is 2.29. The molecule has 0 bridgehead atoms. The van der Waals surface area contributed by atoms with Crippen LogP contribution in [-0.2, 0) is 10.5 Å². The second-order valence-corrected chi connectivity index (χ2v) is 6.63. The van der Waals surface area contributed by atoms with Crippen LogP contribution >= 0.6 is 0 Å². The predicted octanol–water partition coefficient (Wildman–Crippen LogP) is 4.16. The van der Waals surface area contributed by atoms with Gasteiger partial charge in [0.2, 0.25) is 5.82 Å². The first-order chi connectivity index (χ1) is 14.9. The van der Waals surface area contributed by atoms with E-state index >= 15 is 0 Å². The lowest BCUT2D eigenvalue weighted by molar-refractivity contribution is 0.0693. The third-order valence-electron chi connectivity index (χ3n) is 3.87. The average molecular weight is 436 g/mol. The smallest absolute Gasteiger partial charge is 0.339 e. The molecule has 4 aromatic rings. The summed E-state index contributed by atoms with van der Waals surface area (Å²) in [6, 6.07) is 22.6. The molecule has 0 amide bonds. The Kier molecular flexibility index (Phi) is 6.86. The highest BCUT2D eigenvalue weighted by Gasteiger charge is 2.13. The van der Waals surface area contributed by atoms with Crippen molar-refractivity contribution in [2.45, 2.75) is 0 Å². The first-order valence-electron chi connectivity index (χ1n) is 8.85. The molecular formula is C21H16N4O5S. The lowest BCUT2D eigenvalue weighted by Crippen LogP contribution is -2.00. The Morgan fingerprint density at radius 1 is 0.871 bits per heavy atom. The van der Waals surface area contributed by atoms with Crippen molar-refractivity contribution in [1.82, 2.24) is 9.97 Å². The molecule has 3 N–H and O–H groups in total. The van der Waals surface area contributed by atoms with Crippen LogP contribution in [0.2, 0.25) is 0 Å². The van der Waals surface area contributed by atoms with Gasteiger partial charge >= 0.3 is 16.5 Å². The van der Waals surface area contributed by atoms with Gasteiger partial charge in [-0.15, -0.1) is 4.36 Å². The molecule has 156 valence electrons. The molecule has 0 fully saturated rings. The van der Waals surface area contributed by atoms with Gasteiger partial charge in [0.1, 0.15) is 11.3 Å². The fourth-order valence-electron chi connectivity index (χ4n) is 2.52. The molecule has 0 aliphatic heterocycles. The Morgan fingerprint density at radius 2 is 1.45 bits per heavy atom. The zero-order valence-corrected chi connectivity index (χ0v) is 16.7. The highest BCUT2D eigenvalue weighted by atomic mass is 32.2. The number of nitrogens with zero attached hydrogens (tertiary/aromatic N) is 3. The number of aromatic carboxylic acids is 1. The van der Waals surface area contributed by atoms with E-state index in [2.05, 4.69) is 19.6 Å². The number of carbonyl (C=O) groups is 1. The summed E-state index contributed by atoms with van der Waals surface area (Å²) in [5, 5.41) is 21.5. The minimum atomic E-state index is -2.74. The molecule has 0 saturated carbocycles. The highest BCUT2D eigenvalue weighted by molar-refractivity contribution is 7.61. The normalized spacial score (nSPS) is 9.94. The van der Waals surface area contributed by atoms with Crippen LogP contribution in [0.3, 0.4) is 0 Å². The number of carboxylic acids is 1. The van der Waals surface area contributed by atoms with Gasteiger partial charge in [-0.2, -0.15) is 8.42 Å². The Morgan fingerprint density at radius 3 is 1.97 bits per heavy atom. The number of fused-ring (bicyclic) bond motifs is 1. The van der Waals surface area contributed by atoms with E-state index < -0.39 is 22.2 Å². The zero-order valence-electron chi connectivity index (χ0n) is 15.9. The molecule has 0 atom stereocenters. The Hall–Kier alpha value is -4.31. The van der Waals surface area contributed by atoms with Gasteiger partial charge in [-0.25, -0.2) is 14.8 Å². The van der Waals surface area contributed by atoms with Crippen molar-refractivity contribution in [3.05, 3.63) is 84.4 Å². The summed E-state index contributed by atoms with van der Waals surface area (Å²) in [6.45, 7) is 0. The number of nitrogens with one attached hydrogen (secondary N) is 1. The SMILES string of the molecule is O=C(O)c1ccc(Nc2nc3ccccc3nc2N=S(=O)=O)cc1O.c1ccccc1. The molecule has 0 unspecified atom stereocenters. The van der Waals surface area contributed by atoms with E-state index in [1.165, 1.54) is 18.2 Å². The summed E-state index contributed by atoms with van der Waals surface area (Å²) in [6.07, 6.45) is 0. The van der Waals surface area contributed by atoms with Crippen LogP contribution in [0.25, 0.3) is 11.0 Å². The average Bonchev–Trinajstić information content (AvgIpc) is 2.75. The first-order valence-corrected chi connectivity index (χ1v) is 9.88. The molecule has 0 spiro atoms. The number of hydrogen-bond donors (Lipinski definition) is 3. The molecule has 3 aromatic carbocycles. The molecule has 31 heavy (non-hydrogen) atoms. The number of para-hydroxylation sites is 2. The minimum absolute atomic E-state index is 0.0466. The number of aromatic hydroxyl groups is 1. The third-order valence-corrected chi connectivity index (χ3v) is 4.19. The first kappa shape index (κ1) is 21.4. The summed E-state index contributed by atoms with van der Waals surface area (Å²) in [5.74, 6) is -1.83. The van der Waals surface area contributed by atoms with Crippen LogP contribution in [0.4, 0.5) is 17.3 Å². The largest absolute Gasteiger partial charge is 0.507 e. The fraction of sp³-hybridized carbons (Fsp3) is 0. The summed E-state index contributed by atoms with van der Waals surface area (Å²) >= 11 is 0. The maximum atomic E-state index is 10.9. The number of benzene rings is 3. The molecule has 1 heterocycles. The Labute approximate surface area is 178 Å². The molecule has 10 heteroatoms. The van der Waals surface area contributed by atoms with Crippen LogP contribution in [0.5, 0.6) is 5.75 Å². The lowest BCUT2D eigenvalue weighted by Gasteiger charge is -2.09. The van der Waals surface area contributed by atoms with Crippen molar-refractivity contribution >= 4 is 44.8 Å². The maximum Gasteiger partial charge on any atom is 0.339 e. The van der Waals surface area contributed by atoms with Gasteiger partial charge in [-0.1, -0.05) is 48.5 Å². The van der Waals surface area contributed by atoms with Crippen molar-refractivity contribution in [1.29, 1.82) is 0 Å². The second-order valence-electron chi connectivity index (χ2n) is 6.01. The van der Waals surface area contributed by atoms with E-state index in [0.29, 0.717) is 16.7 Å². The van der Waals surface area contributed by atoms with Crippen molar-refractivity contribution < 1.29 is 23.4 Å². The summed E-state index contributed by atoms with van der Waals surface area (Å²) in [7, 11) is -2.74.